The summed E-state index contributed by atoms with van der Waals surface area (Å²) in [7, 11) is 1.47. The number of nitrogens with one attached hydrogen (secondary N) is 1. The SMILES string of the molecule is CC1CN=Cc2[nH]c(=O)n(C)c(=O)c21. The van der Waals surface area contributed by atoms with E-state index < -0.39 is 5.69 Å². The maximum absolute atomic E-state index is 11.7. The topological polar surface area (TPSA) is 67.2 Å². The van der Waals surface area contributed by atoms with Crippen molar-refractivity contribution in [1.29, 1.82) is 0 Å². The predicted molar refractivity (Wildman–Crippen MR) is 53.2 cm³/mol. The van der Waals surface area contributed by atoms with E-state index in [-0.39, 0.29) is 11.5 Å². The van der Waals surface area contributed by atoms with E-state index in [0.29, 0.717) is 17.8 Å². The van der Waals surface area contributed by atoms with Crippen molar-refractivity contribution in [2.45, 2.75) is 12.8 Å². The highest BCUT2D eigenvalue weighted by Crippen LogP contribution is 2.16. The molecule has 0 saturated carbocycles. The van der Waals surface area contributed by atoms with Gasteiger partial charge in [0.2, 0.25) is 0 Å². The highest BCUT2D eigenvalue weighted by atomic mass is 16.2. The van der Waals surface area contributed by atoms with E-state index in [1.807, 2.05) is 6.92 Å². The standard InChI is InChI=1S/C9H11N3O2/c1-5-3-10-4-6-7(5)8(13)12(2)9(14)11-6/h4-5H,3H2,1-2H3,(H,11,14). The molecule has 1 unspecified atom stereocenters. The minimum Gasteiger partial charge on any atom is -0.306 e. The maximum atomic E-state index is 11.7. The van der Waals surface area contributed by atoms with Gasteiger partial charge >= 0.3 is 5.69 Å². The lowest BCUT2D eigenvalue weighted by Crippen LogP contribution is -2.38. The fraction of sp³-hybridized carbons (Fsp3) is 0.444. The smallest absolute Gasteiger partial charge is 0.306 e. The fourth-order valence-electron chi connectivity index (χ4n) is 1.63. The van der Waals surface area contributed by atoms with Gasteiger partial charge in [0.15, 0.2) is 0 Å². The van der Waals surface area contributed by atoms with Crippen LogP contribution in [-0.4, -0.2) is 22.3 Å². The van der Waals surface area contributed by atoms with Crippen molar-refractivity contribution < 1.29 is 0 Å². The van der Waals surface area contributed by atoms with Gasteiger partial charge in [-0.05, 0) is 0 Å². The fourth-order valence-corrected chi connectivity index (χ4v) is 1.63. The first-order valence-corrected chi connectivity index (χ1v) is 4.44. The minimum atomic E-state index is -0.394. The molecule has 1 aliphatic rings. The predicted octanol–water partition coefficient (Wildman–Crippen LogP) is -0.390. The quantitative estimate of drug-likeness (QED) is 0.609. The molecule has 74 valence electrons. The molecule has 0 radical (unpaired) electrons. The van der Waals surface area contributed by atoms with Crippen LogP contribution >= 0.6 is 0 Å². The average Bonchev–Trinajstić information content (AvgIpc) is 2.14. The van der Waals surface area contributed by atoms with Gasteiger partial charge in [-0.25, -0.2) is 4.79 Å². The summed E-state index contributed by atoms with van der Waals surface area (Å²) < 4.78 is 1.09. The van der Waals surface area contributed by atoms with Gasteiger partial charge in [0.1, 0.15) is 0 Å². The van der Waals surface area contributed by atoms with Crippen molar-refractivity contribution in [1.82, 2.24) is 9.55 Å². The van der Waals surface area contributed by atoms with Crippen molar-refractivity contribution in [2.75, 3.05) is 6.54 Å². The molecule has 1 aromatic rings. The van der Waals surface area contributed by atoms with Crippen molar-refractivity contribution in [3.05, 3.63) is 32.1 Å². The van der Waals surface area contributed by atoms with Crippen LogP contribution in [0.4, 0.5) is 0 Å². The summed E-state index contributed by atoms with van der Waals surface area (Å²) in [6, 6.07) is 0. The molecular weight excluding hydrogens is 182 g/mol. The number of H-pyrrole nitrogens is 1. The van der Waals surface area contributed by atoms with Crippen LogP contribution < -0.4 is 11.2 Å². The molecule has 2 rings (SSSR count). The number of fused-ring (bicyclic) bond motifs is 1. The highest BCUT2D eigenvalue weighted by Gasteiger charge is 2.19. The number of nitrogens with zero attached hydrogens (tertiary/aromatic N) is 2. The second kappa shape index (κ2) is 2.94. The Kier molecular flexibility index (Phi) is 1.87. The van der Waals surface area contributed by atoms with Gasteiger partial charge < -0.3 is 4.98 Å². The largest absolute Gasteiger partial charge is 0.328 e. The van der Waals surface area contributed by atoms with Gasteiger partial charge in [-0.1, -0.05) is 6.92 Å². The molecule has 1 atom stereocenters. The number of hydrogen-bond acceptors (Lipinski definition) is 3. The zero-order chi connectivity index (χ0) is 10.3. The first-order valence-electron chi connectivity index (χ1n) is 4.44. The third-order valence-corrected chi connectivity index (χ3v) is 2.46. The van der Waals surface area contributed by atoms with E-state index in [9.17, 15) is 9.59 Å². The Morgan fingerprint density at radius 1 is 1.57 bits per heavy atom. The normalized spacial score (nSPS) is 19.4. The Balaban J connectivity index is 2.85. The zero-order valence-corrected chi connectivity index (χ0v) is 8.07. The molecule has 1 N–H and O–H groups in total. The first kappa shape index (κ1) is 8.93. The van der Waals surface area contributed by atoms with Crippen molar-refractivity contribution in [3.63, 3.8) is 0 Å². The van der Waals surface area contributed by atoms with Gasteiger partial charge in [-0.2, -0.15) is 0 Å². The van der Waals surface area contributed by atoms with E-state index in [4.69, 9.17) is 0 Å². The van der Waals surface area contributed by atoms with Crippen LogP contribution in [0.5, 0.6) is 0 Å². The molecule has 5 nitrogen and oxygen atoms in total. The third kappa shape index (κ3) is 1.13. The number of aliphatic imine (C=N–C) groups is 1. The molecule has 1 aliphatic heterocycles. The summed E-state index contributed by atoms with van der Waals surface area (Å²) in [5, 5.41) is 0. The van der Waals surface area contributed by atoms with Crippen LogP contribution in [0, 0.1) is 0 Å². The molecule has 0 amide bonds. The Labute approximate surface area is 80.1 Å². The van der Waals surface area contributed by atoms with Crippen molar-refractivity contribution in [2.24, 2.45) is 12.0 Å². The van der Waals surface area contributed by atoms with E-state index >= 15 is 0 Å². The minimum absolute atomic E-state index is 0.0746. The summed E-state index contributed by atoms with van der Waals surface area (Å²) in [5.41, 5.74) is 0.593. The van der Waals surface area contributed by atoms with E-state index in [1.54, 1.807) is 6.21 Å². The van der Waals surface area contributed by atoms with Gasteiger partial charge in [0.05, 0.1) is 5.69 Å². The summed E-state index contributed by atoms with van der Waals surface area (Å²) in [6.07, 6.45) is 1.55. The number of aromatic nitrogens is 2. The summed E-state index contributed by atoms with van der Waals surface area (Å²) in [4.78, 5) is 29.7. The molecule has 2 heterocycles. The van der Waals surface area contributed by atoms with Crippen molar-refractivity contribution >= 4 is 6.21 Å². The maximum Gasteiger partial charge on any atom is 0.328 e. The molecule has 5 heteroatoms. The lowest BCUT2D eigenvalue weighted by molar-refractivity contribution is 0.686. The molecule has 0 aromatic carbocycles. The molecule has 14 heavy (non-hydrogen) atoms. The molecule has 0 fully saturated rings. The number of aromatic amines is 1. The first-order chi connectivity index (χ1) is 6.61. The van der Waals surface area contributed by atoms with E-state index in [1.165, 1.54) is 7.05 Å². The zero-order valence-electron chi connectivity index (χ0n) is 8.07. The molecule has 0 aliphatic carbocycles. The van der Waals surface area contributed by atoms with Crippen LogP contribution in [0.25, 0.3) is 0 Å². The summed E-state index contributed by atoms with van der Waals surface area (Å²) >= 11 is 0. The number of hydrogen-bond donors (Lipinski definition) is 1. The van der Waals surface area contributed by atoms with Crippen LogP contribution in [0.2, 0.25) is 0 Å². The molecule has 0 bridgehead atoms. The Hall–Kier alpha value is -1.65. The molecular formula is C9H11N3O2. The molecule has 0 spiro atoms. The Morgan fingerprint density at radius 2 is 2.29 bits per heavy atom. The lowest BCUT2D eigenvalue weighted by Gasteiger charge is -2.15. The van der Waals surface area contributed by atoms with Gasteiger partial charge in [0.25, 0.3) is 5.56 Å². The van der Waals surface area contributed by atoms with Crippen LogP contribution in [0.1, 0.15) is 24.1 Å². The van der Waals surface area contributed by atoms with Crippen LogP contribution in [0.3, 0.4) is 0 Å². The highest BCUT2D eigenvalue weighted by molar-refractivity contribution is 5.80. The monoisotopic (exact) mass is 193 g/mol. The second-order valence-electron chi connectivity index (χ2n) is 3.52. The van der Waals surface area contributed by atoms with Gasteiger partial charge in [0, 0.05) is 31.3 Å². The Morgan fingerprint density at radius 3 is 3.00 bits per heavy atom. The second-order valence-corrected chi connectivity index (χ2v) is 3.52. The van der Waals surface area contributed by atoms with Gasteiger partial charge in [-0.3, -0.25) is 14.4 Å². The van der Waals surface area contributed by atoms with Crippen LogP contribution in [-0.2, 0) is 7.05 Å². The molecule has 1 aromatic heterocycles. The van der Waals surface area contributed by atoms with E-state index in [2.05, 4.69) is 9.98 Å². The van der Waals surface area contributed by atoms with Gasteiger partial charge in [-0.15, -0.1) is 0 Å². The third-order valence-electron chi connectivity index (χ3n) is 2.46. The molecule has 0 saturated heterocycles. The summed E-state index contributed by atoms with van der Waals surface area (Å²) in [6.45, 7) is 2.53. The van der Waals surface area contributed by atoms with E-state index in [0.717, 1.165) is 4.57 Å². The Bertz CT molecular complexity index is 510. The summed E-state index contributed by atoms with van der Waals surface area (Å²) in [5.74, 6) is 0.0746. The average molecular weight is 193 g/mol. The van der Waals surface area contributed by atoms with Crippen LogP contribution in [0.15, 0.2) is 14.6 Å². The number of rotatable bonds is 0. The van der Waals surface area contributed by atoms with Crippen molar-refractivity contribution in [3.8, 4) is 0 Å². The lowest BCUT2D eigenvalue weighted by atomic mass is 9.99.